The van der Waals surface area contributed by atoms with Gasteiger partial charge in [-0.2, -0.15) is 0 Å². The fourth-order valence-corrected chi connectivity index (χ4v) is 3.37. The highest BCUT2D eigenvalue weighted by molar-refractivity contribution is 5.79. The molecule has 0 unspecified atom stereocenters. The minimum Gasteiger partial charge on any atom is -0.481 e. The molecule has 0 saturated carbocycles. The third-order valence-corrected chi connectivity index (χ3v) is 4.54. The third-order valence-electron chi connectivity index (χ3n) is 4.54. The van der Waals surface area contributed by atoms with Crippen LogP contribution in [-0.4, -0.2) is 36.5 Å². The normalized spacial score (nSPS) is 13.6. The van der Waals surface area contributed by atoms with Crippen molar-refractivity contribution in [2.45, 2.75) is 24.8 Å². The van der Waals surface area contributed by atoms with Crippen LogP contribution in [0.3, 0.4) is 0 Å². The average Bonchev–Trinajstić information content (AvgIpc) is 2.94. The molecule has 0 saturated heterocycles. The van der Waals surface area contributed by atoms with E-state index in [-0.39, 0.29) is 25.4 Å². The van der Waals surface area contributed by atoms with Crippen molar-refractivity contribution in [1.29, 1.82) is 0 Å². The number of ether oxygens (including phenoxy) is 1. The van der Waals surface area contributed by atoms with E-state index >= 15 is 0 Å². The van der Waals surface area contributed by atoms with Gasteiger partial charge in [-0.05, 0) is 28.7 Å². The highest BCUT2D eigenvalue weighted by Gasteiger charge is 2.29. The molecule has 5 nitrogen and oxygen atoms in total. The summed E-state index contributed by atoms with van der Waals surface area (Å²) in [6, 6.07) is 15.2. The van der Waals surface area contributed by atoms with Crippen LogP contribution in [0.4, 0.5) is 9.18 Å². The molecule has 1 aliphatic rings. The van der Waals surface area contributed by atoms with Crippen LogP contribution in [0, 0.1) is 0 Å². The highest BCUT2D eigenvalue weighted by atomic mass is 19.1. The van der Waals surface area contributed by atoms with Gasteiger partial charge in [-0.1, -0.05) is 48.5 Å². The van der Waals surface area contributed by atoms with Crippen molar-refractivity contribution in [3.05, 3.63) is 59.7 Å². The molecule has 2 aromatic rings. The van der Waals surface area contributed by atoms with Gasteiger partial charge in [-0.25, -0.2) is 4.79 Å². The highest BCUT2D eigenvalue weighted by Crippen LogP contribution is 2.44. The van der Waals surface area contributed by atoms with Crippen LogP contribution in [0.15, 0.2) is 48.5 Å². The van der Waals surface area contributed by atoms with Gasteiger partial charge < -0.3 is 15.2 Å². The number of alkyl carbamates (subject to hydrolysis) is 1. The first-order valence-electron chi connectivity index (χ1n) is 8.49. The van der Waals surface area contributed by atoms with Crippen molar-refractivity contribution in [1.82, 2.24) is 5.32 Å². The zero-order chi connectivity index (χ0) is 18.5. The van der Waals surface area contributed by atoms with E-state index in [0.717, 1.165) is 22.3 Å². The molecular weight excluding hydrogens is 337 g/mol. The Balaban J connectivity index is 1.68. The lowest BCUT2D eigenvalue weighted by Crippen LogP contribution is -2.37. The molecule has 0 radical (unpaired) electrons. The Morgan fingerprint density at radius 3 is 2.19 bits per heavy atom. The van der Waals surface area contributed by atoms with Crippen LogP contribution in [0.1, 0.15) is 29.9 Å². The number of amides is 1. The molecule has 0 bridgehead atoms. The number of hydrogen-bond acceptors (Lipinski definition) is 3. The number of fused-ring (bicyclic) bond motifs is 3. The summed E-state index contributed by atoms with van der Waals surface area (Å²) < 4.78 is 17.9. The van der Waals surface area contributed by atoms with Crippen LogP contribution >= 0.6 is 0 Å². The molecule has 136 valence electrons. The summed E-state index contributed by atoms with van der Waals surface area (Å²) in [6.07, 6.45) is -1.13. The van der Waals surface area contributed by atoms with E-state index in [4.69, 9.17) is 9.84 Å². The van der Waals surface area contributed by atoms with E-state index in [1.807, 2.05) is 48.5 Å². The van der Waals surface area contributed by atoms with Gasteiger partial charge in [0.25, 0.3) is 0 Å². The van der Waals surface area contributed by atoms with Crippen LogP contribution in [-0.2, 0) is 9.53 Å². The number of carbonyl (C=O) groups excluding carboxylic acids is 1. The van der Waals surface area contributed by atoms with Gasteiger partial charge in [0, 0.05) is 12.0 Å². The van der Waals surface area contributed by atoms with Gasteiger partial charge >= 0.3 is 12.1 Å². The van der Waals surface area contributed by atoms with E-state index in [9.17, 15) is 14.0 Å². The first-order valence-corrected chi connectivity index (χ1v) is 8.49. The predicted molar refractivity (Wildman–Crippen MR) is 94.8 cm³/mol. The Morgan fingerprint density at radius 1 is 1.08 bits per heavy atom. The number of rotatable bonds is 7. The lowest BCUT2D eigenvalue weighted by atomic mass is 9.98. The zero-order valence-corrected chi connectivity index (χ0v) is 14.2. The molecule has 1 amide bonds. The van der Waals surface area contributed by atoms with Crippen molar-refractivity contribution in [2.24, 2.45) is 0 Å². The lowest BCUT2D eigenvalue weighted by molar-refractivity contribution is -0.137. The largest absolute Gasteiger partial charge is 0.481 e. The first-order chi connectivity index (χ1) is 12.6. The Hall–Kier alpha value is -2.89. The van der Waals surface area contributed by atoms with Gasteiger partial charge in [-0.3, -0.25) is 9.18 Å². The number of carbonyl (C=O) groups is 2. The molecule has 2 N–H and O–H groups in total. The molecule has 0 spiro atoms. The molecule has 2 aromatic carbocycles. The zero-order valence-electron chi connectivity index (χ0n) is 14.2. The SMILES string of the molecule is O=C(O)C[C@@H](CCF)NC(=O)OCC1c2ccccc2-c2ccccc21. The molecule has 6 heteroatoms. The summed E-state index contributed by atoms with van der Waals surface area (Å²) in [5, 5.41) is 11.3. The van der Waals surface area contributed by atoms with Gasteiger partial charge in [0.15, 0.2) is 0 Å². The maximum Gasteiger partial charge on any atom is 0.407 e. The summed E-state index contributed by atoms with van der Waals surface area (Å²) in [4.78, 5) is 22.8. The summed E-state index contributed by atoms with van der Waals surface area (Å²) in [5.74, 6) is -1.17. The number of alkyl halides is 1. The Bertz CT molecular complexity index is 762. The van der Waals surface area contributed by atoms with E-state index < -0.39 is 24.8 Å². The second-order valence-electron chi connectivity index (χ2n) is 6.24. The summed E-state index contributed by atoms with van der Waals surface area (Å²) in [5.41, 5.74) is 4.43. The molecule has 0 heterocycles. The minimum absolute atomic E-state index is 0.0590. The van der Waals surface area contributed by atoms with Crippen molar-refractivity contribution in [3.63, 3.8) is 0 Å². The number of halogens is 1. The Morgan fingerprint density at radius 2 is 1.65 bits per heavy atom. The van der Waals surface area contributed by atoms with Gasteiger partial charge in [0.05, 0.1) is 13.1 Å². The molecule has 3 rings (SSSR count). The molecule has 1 aliphatic carbocycles. The van der Waals surface area contributed by atoms with Gasteiger partial charge in [0.1, 0.15) is 6.61 Å². The number of benzene rings is 2. The average molecular weight is 357 g/mol. The monoisotopic (exact) mass is 357 g/mol. The predicted octanol–water partition coefficient (Wildman–Crippen LogP) is 3.73. The third kappa shape index (κ3) is 3.85. The van der Waals surface area contributed by atoms with Gasteiger partial charge in [0.2, 0.25) is 0 Å². The lowest BCUT2D eigenvalue weighted by Gasteiger charge is -2.18. The number of carboxylic acid groups (broad SMARTS) is 1. The second-order valence-corrected chi connectivity index (χ2v) is 6.24. The second kappa shape index (κ2) is 7.99. The van der Waals surface area contributed by atoms with Crippen LogP contribution in [0.5, 0.6) is 0 Å². The number of nitrogens with one attached hydrogen (secondary N) is 1. The summed E-state index contributed by atoms with van der Waals surface area (Å²) in [6.45, 7) is -0.573. The van der Waals surface area contributed by atoms with Crippen LogP contribution < -0.4 is 5.32 Å². The quantitative estimate of drug-likeness (QED) is 0.792. The van der Waals surface area contributed by atoms with Crippen LogP contribution in [0.25, 0.3) is 11.1 Å². The van der Waals surface area contributed by atoms with Crippen molar-refractivity contribution < 1.29 is 23.8 Å². The number of aliphatic carboxylic acids is 1. The maximum absolute atomic E-state index is 12.5. The Labute approximate surface area is 150 Å². The van der Waals surface area contributed by atoms with Crippen molar-refractivity contribution >= 4 is 12.1 Å². The van der Waals surface area contributed by atoms with Crippen LogP contribution in [0.2, 0.25) is 0 Å². The van der Waals surface area contributed by atoms with E-state index in [1.54, 1.807) is 0 Å². The molecule has 1 atom stereocenters. The Kier molecular flexibility index (Phi) is 5.51. The summed E-state index contributed by atoms with van der Waals surface area (Å²) >= 11 is 0. The topological polar surface area (TPSA) is 75.6 Å². The summed E-state index contributed by atoms with van der Waals surface area (Å²) in [7, 11) is 0. The molecule has 0 aromatic heterocycles. The van der Waals surface area contributed by atoms with Gasteiger partial charge in [-0.15, -0.1) is 0 Å². The fourth-order valence-electron chi connectivity index (χ4n) is 3.37. The minimum atomic E-state index is -1.10. The maximum atomic E-state index is 12.5. The smallest absolute Gasteiger partial charge is 0.407 e. The fraction of sp³-hybridized carbons (Fsp3) is 0.300. The van der Waals surface area contributed by atoms with E-state index in [0.29, 0.717) is 0 Å². The molecule has 0 aliphatic heterocycles. The molecule has 26 heavy (non-hydrogen) atoms. The number of carboxylic acids is 1. The molecule has 0 fully saturated rings. The standard InChI is InChI=1S/C20H20FNO4/c21-10-9-13(11-19(23)24)22-20(25)26-12-18-16-7-3-1-5-14(16)15-6-2-4-8-17(15)18/h1-8,13,18H,9-12H2,(H,22,25)(H,23,24)/t13-/m1/s1. The first kappa shape index (κ1) is 17.9. The van der Waals surface area contributed by atoms with E-state index in [1.165, 1.54) is 0 Å². The van der Waals surface area contributed by atoms with E-state index in [2.05, 4.69) is 5.32 Å². The number of hydrogen-bond donors (Lipinski definition) is 2. The van der Waals surface area contributed by atoms with Crippen molar-refractivity contribution in [2.75, 3.05) is 13.3 Å². The molecular formula is C20H20FNO4. The van der Waals surface area contributed by atoms with Crippen molar-refractivity contribution in [3.8, 4) is 11.1 Å².